The lowest BCUT2D eigenvalue weighted by atomic mass is 10.2. The molecular formula is C24H27N3. The second kappa shape index (κ2) is 9.58. The van der Waals surface area contributed by atoms with Gasteiger partial charge in [-0.1, -0.05) is 60.7 Å². The summed E-state index contributed by atoms with van der Waals surface area (Å²) in [6.45, 7) is 7.13. The maximum Gasteiger partial charge on any atom is 0.0666 e. The Kier molecular flexibility index (Phi) is 6.64. The first-order valence-corrected chi connectivity index (χ1v) is 9.55. The first-order valence-electron chi connectivity index (χ1n) is 9.55. The Morgan fingerprint density at radius 2 is 1.30 bits per heavy atom. The Balaban J connectivity index is 1.79. The third-order valence-electron chi connectivity index (χ3n) is 4.60. The summed E-state index contributed by atoms with van der Waals surface area (Å²) >= 11 is 0. The molecule has 27 heavy (non-hydrogen) atoms. The lowest BCUT2D eigenvalue weighted by Gasteiger charge is -2.21. The molecule has 0 spiro atoms. The molecule has 3 aromatic rings. The van der Waals surface area contributed by atoms with Crippen LogP contribution >= 0.6 is 0 Å². The molecule has 0 radical (unpaired) electrons. The van der Waals surface area contributed by atoms with Gasteiger partial charge in [-0.3, -0.25) is 5.01 Å². The number of hydrazone groups is 1. The van der Waals surface area contributed by atoms with E-state index in [4.69, 9.17) is 5.10 Å². The number of benzene rings is 3. The number of hydrogen-bond donors (Lipinski definition) is 0. The van der Waals surface area contributed by atoms with Gasteiger partial charge in [-0.25, -0.2) is 0 Å². The van der Waals surface area contributed by atoms with Crippen LogP contribution in [0, 0.1) is 0 Å². The van der Waals surface area contributed by atoms with Crippen LogP contribution in [0.2, 0.25) is 0 Å². The van der Waals surface area contributed by atoms with Gasteiger partial charge in [0.1, 0.15) is 0 Å². The van der Waals surface area contributed by atoms with E-state index in [0.29, 0.717) is 0 Å². The minimum Gasteiger partial charge on any atom is -0.372 e. The standard InChI is InChI=1S/C24H27N3/c1-3-26(4-2)23-17-15-21(16-18-23)19-25-27(24-13-9-6-10-14-24)20-22-11-7-5-8-12-22/h5-19H,3-4,20H2,1-2H3/b25-19-. The smallest absolute Gasteiger partial charge is 0.0666 e. The van der Waals surface area contributed by atoms with Gasteiger partial charge in [0, 0.05) is 18.8 Å². The second-order valence-corrected chi connectivity index (χ2v) is 6.39. The van der Waals surface area contributed by atoms with Gasteiger partial charge in [0.15, 0.2) is 0 Å². The molecule has 0 amide bonds. The van der Waals surface area contributed by atoms with Gasteiger partial charge in [0.05, 0.1) is 18.4 Å². The summed E-state index contributed by atoms with van der Waals surface area (Å²) in [5.41, 5.74) is 4.66. The highest BCUT2D eigenvalue weighted by Crippen LogP contribution is 2.18. The minimum atomic E-state index is 0.735. The van der Waals surface area contributed by atoms with Crippen molar-refractivity contribution in [3.8, 4) is 0 Å². The monoisotopic (exact) mass is 357 g/mol. The van der Waals surface area contributed by atoms with E-state index in [1.807, 2.05) is 35.5 Å². The van der Waals surface area contributed by atoms with E-state index in [2.05, 4.69) is 79.4 Å². The summed E-state index contributed by atoms with van der Waals surface area (Å²) in [5.74, 6) is 0. The van der Waals surface area contributed by atoms with Crippen LogP contribution in [0.5, 0.6) is 0 Å². The fraction of sp³-hybridized carbons (Fsp3) is 0.208. The summed E-state index contributed by atoms with van der Waals surface area (Å²) in [4.78, 5) is 2.34. The van der Waals surface area contributed by atoms with E-state index in [1.54, 1.807) is 0 Å². The van der Waals surface area contributed by atoms with Gasteiger partial charge >= 0.3 is 0 Å². The van der Waals surface area contributed by atoms with Gasteiger partial charge < -0.3 is 4.90 Å². The maximum absolute atomic E-state index is 4.77. The molecule has 3 heteroatoms. The Hall–Kier alpha value is -3.07. The zero-order chi connectivity index (χ0) is 18.9. The van der Waals surface area contributed by atoms with Crippen molar-refractivity contribution in [1.82, 2.24) is 0 Å². The number of nitrogens with zero attached hydrogens (tertiary/aromatic N) is 3. The van der Waals surface area contributed by atoms with Gasteiger partial charge in [-0.2, -0.15) is 5.10 Å². The third-order valence-corrected chi connectivity index (χ3v) is 4.60. The number of anilines is 2. The lowest BCUT2D eigenvalue weighted by Crippen LogP contribution is -2.21. The van der Waals surface area contributed by atoms with E-state index < -0.39 is 0 Å². The molecule has 0 heterocycles. The largest absolute Gasteiger partial charge is 0.372 e. The van der Waals surface area contributed by atoms with Crippen molar-refractivity contribution in [2.24, 2.45) is 5.10 Å². The Morgan fingerprint density at radius 3 is 1.89 bits per heavy atom. The molecule has 0 saturated carbocycles. The predicted octanol–water partition coefficient (Wildman–Crippen LogP) is 5.57. The molecule has 3 aromatic carbocycles. The Bertz CT molecular complexity index is 823. The van der Waals surface area contributed by atoms with Gasteiger partial charge in [-0.15, -0.1) is 0 Å². The molecule has 0 bridgehead atoms. The highest BCUT2D eigenvalue weighted by molar-refractivity contribution is 5.81. The summed E-state index contributed by atoms with van der Waals surface area (Å²) in [6, 6.07) is 29.3. The van der Waals surface area contributed by atoms with Crippen molar-refractivity contribution in [2.45, 2.75) is 20.4 Å². The highest BCUT2D eigenvalue weighted by Gasteiger charge is 2.05. The first-order chi connectivity index (χ1) is 13.3. The number of rotatable bonds is 8. The highest BCUT2D eigenvalue weighted by atomic mass is 15.4. The summed E-state index contributed by atoms with van der Waals surface area (Å²) < 4.78 is 0. The minimum absolute atomic E-state index is 0.735. The average Bonchev–Trinajstić information content (AvgIpc) is 2.74. The normalized spacial score (nSPS) is 10.9. The van der Waals surface area contributed by atoms with Crippen LogP contribution in [0.25, 0.3) is 0 Å². The van der Waals surface area contributed by atoms with Crippen LogP contribution in [-0.2, 0) is 6.54 Å². The number of para-hydroxylation sites is 1. The van der Waals surface area contributed by atoms with Crippen molar-refractivity contribution < 1.29 is 0 Å². The zero-order valence-electron chi connectivity index (χ0n) is 16.1. The first kappa shape index (κ1) is 18.7. The number of hydrogen-bond acceptors (Lipinski definition) is 3. The SMILES string of the molecule is CCN(CC)c1ccc(/C=N\N(Cc2ccccc2)c2ccccc2)cc1. The van der Waals surface area contributed by atoms with Gasteiger partial charge in [-0.05, 0) is 49.2 Å². The van der Waals surface area contributed by atoms with Crippen LogP contribution in [0.15, 0.2) is 90.0 Å². The molecule has 0 unspecified atom stereocenters. The van der Waals surface area contributed by atoms with Gasteiger partial charge in [0.2, 0.25) is 0 Å². The van der Waals surface area contributed by atoms with E-state index >= 15 is 0 Å². The quantitative estimate of drug-likeness (QED) is 0.387. The van der Waals surface area contributed by atoms with Crippen molar-refractivity contribution in [1.29, 1.82) is 0 Å². The predicted molar refractivity (Wildman–Crippen MR) is 117 cm³/mol. The average molecular weight is 358 g/mol. The fourth-order valence-electron chi connectivity index (χ4n) is 3.05. The van der Waals surface area contributed by atoms with Crippen LogP contribution in [-0.4, -0.2) is 19.3 Å². The molecule has 138 valence electrons. The van der Waals surface area contributed by atoms with E-state index in [-0.39, 0.29) is 0 Å². The van der Waals surface area contributed by atoms with Crippen molar-refractivity contribution in [3.05, 3.63) is 96.1 Å². The molecule has 0 atom stereocenters. The molecule has 0 aliphatic rings. The topological polar surface area (TPSA) is 18.8 Å². The summed E-state index contributed by atoms with van der Waals surface area (Å²) in [7, 11) is 0. The van der Waals surface area contributed by atoms with E-state index in [0.717, 1.165) is 30.9 Å². The molecule has 3 rings (SSSR count). The molecule has 0 N–H and O–H groups in total. The molecular weight excluding hydrogens is 330 g/mol. The summed E-state index contributed by atoms with van der Waals surface area (Å²) in [5, 5.41) is 6.80. The second-order valence-electron chi connectivity index (χ2n) is 6.39. The van der Waals surface area contributed by atoms with Crippen molar-refractivity contribution >= 4 is 17.6 Å². The molecule has 3 nitrogen and oxygen atoms in total. The van der Waals surface area contributed by atoms with Crippen LogP contribution in [0.3, 0.4) is 0 Å². The van der Waals surface area contributed by atoms with Crippen LogP contribution in [0.4, 0.5) is 11.4 Å². The molecule has 0 aliphatic carbocycles. The third kappa shape index (κ3) is 5.20. The van der Waals surface area contributed by atoms with Crippen molar-refractivity contribution in [2.75, 3.05) is 23.0 Å². The molecule has 0 aliphatic heterocycles. The lowest BCUT2D eigenvalue weighted by molar-refractivity contribution is 0.858. The van der Waals surface area contributed by atoms with Crippen LogP contribution in [0.1, 0.15) is 25.0 Å². The summed E-state index contributed by atoms with van der Waals surface area (Å²) in [6.07, 6.45) is 1.93. The molecule has 0 saturated heterocycles. The van der Waals surface area contributed by atoms with E-state index in [9.17, 15) is 0 Å². The zero-order valence-corrected chi connectivity index (χ0v) is 16.1. The fourth-order valence-corrected chi connectivity index (χ4v) is 3.05. The molecule has 0 fully saturated rings. The van der Waals surface area contributed by atoms with E-state index in [1.165, 1.54) is 11.3 Å². The van der Waals surface area contributed by atoms with Crippen LogP contribution < -0.4 is 9.91 Å². The Labute approximate surface area is 162 Å². The Morgan fingerprint density at radius 1 is 0.704 bits per heavy atom. The molecule has 0 aromatic heterocycles. The maximum atomic E-state index is 4.77. The van der Waals surface area contributed by atoms with Gasteiger partial charge in [0.25, 0.3) is 0 Å². The van der Waals surface area contributed by atoms with Crippen molar-refractivity contribution in [3.63, 3.8) is 0 Å².